The molecule has 126 valence electrons. The Balaban J connectivity index is 2.08. The summed E-state index contributed by atoms with van der Waals surface area (Å²) in [6, 6.07) is 19.0. The lowest BCUT2D eigenvalue weighted by Crippen LogP contribution is -2.46. The molecule has 2 aromatic carbocycles. The second-order valence-electron chi connectivity index (χ2n) is 5.39. The SMILES string of the molecule is CCOc1ccc(N2C(S)=C(C#N)C(=O)NC2c2ccccc2)cc1. The molecule has 3 rings (SSSR count). The largest absolute Gasteiger partial charge is 0.494 e. The Morgan fingerprint density at radius 2 is 1.88 bits per heavy atom. The molecule has 0 aromatic heterocycles. The van der Waals surface area contributed by atoms with Gasteiger partial charge in [0.1, 0.15) is 23.6 Å². The second kappa shape index (κ2) is 7.32. The highest BCUT2D eigenvalue weighted by molar-refractivity contribution is 7.84. The molecule has 1 aliphatic heterocycles. The molecule has 1 heterocycles. The van der Waals surface area contributed by atoms with Crippen molar-refractivity contribution >= 4 is 24.2 Å². The van der Waals surface area contributed by atoms with E-state index in [4.69, 9.17) is 4.74 Å². The molecule has 0 bridgehead atoms. The van der Waals surface area contributed by atoms with Crippen LogP contribution >= 0.6 is 12.6 Å². The van der Waals surface area contributed by atoms with Gasteiger partial charge in [0.15, 0.2) is 0 Å². The lowest BCUT2D eigenvalue weighted by atomic mass is 10.1. The molecule has 1 atom stereocenters. The first-order chi connectivity index (χ1) is 12.2. The average molecular weight is 351 g/mol. The van der Waals surface area contributed by atoms with Gasteiger partial charge in [0, 0.05) is 5.69 Å². The monoisotopic (exact) mass is 351 g/mol. The average Bonchev–Trinajstić information content (AvgIpc) is 2.63. The van der Waals surface area contributed by atoms with Crippen LogP contribution < -0.4 is 15.0 Å². The maximum absolute atomic E-state index is 12.2. The van der Waals surface area contributed by atoms with Gasteiger partial charge in [-0.3, -0.25) is 4.79 Å². The van der Waals surface area contributed by atoms with Gasteiger partial charge in [0.25, 0.3) is 5.91 Å². The van der Waals surface area contributed by atoms with Crippen LogP contribution in [0.2, 0.25) is 0 Å². The molecule has 6 heteroatoms. The van der Waals surface area contributed by atoms with Crippen molar-refractivity contribution in [2.45, 2.75) is 13.1 Å². The number of hydrogen-bond acceptors (Lipinski definition) is 5. The van der Waals surface area contributed by atoms with E-state index >= 15 is 0 Å². The molecule has 0 spiro atoms. The van der Waals surface area contributed by atoms with Gasteiger partial charge in [-0.05, 0) is 36.8 Å². The van der Waals surface area contributed by atoms with E-state index in [1.165, 1.54) is 0 Å². The van der Waals surface area contributed by atoms with Crippen LogP contribution in [0.15, 0.2) is 65.2 Å². The molecule has 0 fully saturated rings. The highest BCUT2D eigenvalue weighted by Gasteiger charge is 2.33. The van der Waals surface area contributed by atoms with E-state index in [0.29, 0.717) is 11.6 Å². The van der Waals surface area contributed by atoms with E-state index in [-0.39, 0.29) is 5.57 Å². The zero-order valence-corrected chi connectivity index (χ0v) is 14.5. The molecule has 1 aliphatic rings. The Labute approximate surface area is 151 Å². The van der Waals surface area contributed by atoms with E-state index in [0.717, 1.165) is 17.0 Å². The molecule has 1 amide bonds. The first-order valence-electron chi connectivity index (χ1n) is 7.87. The fourth-order valence-corrected chi connectivity index (χ4v) is 3.10. The number of nitrogens with zero attached hydrogens (tertiary/aromatic N) is 2. The normalized spacial score (nSPS) is 17.1. The number of nitrogens with one attached hydrogen (secondary N) is 1. The molecule has 0 radical (unpaired) electrons. The number of thiol groups is 1. The number of amides is 1. The molecular formula is C19H17N3O2S. The maximum atomic E-state index is 12.2. The summed E-state index contributed by atoms with van der Waals surface area (Å²) < 4.78 is 5.47. The van der Waals surface area contributed by atoms with Crippen LogP contribution in [0.1, 0.15) is 18.7 Å². The lowest BCUT2D eigenvalue weighted by molar-refractivity contribution is -0.118. The summed E-state index contributed by atoms with van der Waals surface area (Å²) in [4.78, 5) is 14.1. The summed E-state index contributed by atoms with van der Waals surface area (Å²) in [5.74, 6) is 0.331. The smallest absolute Gasteiger partial charge is 0.266 e. The zero-order chi connectivity index (χ0) is 17.8. The van der Waals surface area contributed by atoms with Crippen molar-refractivity contribution < 1.29 is 9.53 Å². The van der Waals surface area contributed by atoms with Crippen molar-refractivity contribution in [1.29, 1.82) is 5.26 Å². The summed E-state index contributed by atoms with van der Waals surface area (Å²) >= 11 is 4.47. The number of nitriles is 1. The molecular weight excluding hydrogens is 334 g/mol. The Hall–Kier alpha value is -2.91. The number of rotatable bonds is 4. The van der Waals surface area contributed by atoms with Crippen molar-refractivity contribution in [3.05, 3.63) is 70.8 Å². The van der Waals surface area contributed by atoms with Crippen LogP contribution in [0.25, 0.3) is 0 Å². The van der Waals surface area contributed by atoms with Crippen molar-refractivity contribution in [2.24, 2.45) is 0 Å². The molecule has 1 N–H and O–H groups in total. The lowest BCUT2D eigenvalue weighted by Gasteiger charge is -2.38. The predicted molar refractivity (Wildman–Crippen MR) is 99.0 cm³/mol. The first-order valence-corrected chi connectivity index (χ1v) is 8.31. The Kier molecular flexibility index (Phi) is 4.96. The standard InChI is InChI=1S/C19H17N3O2S/c1-2-24-15-10-8-14(9-11-15)22-17(13-6-4-3-5-7-13)21-18(23)16(12-20)19(22)25/h3-11,17,25H,2H2,1H3,(H,21,23). The maximum Gasteiger partial charge on any atom is 0.266 e. The van der Waals surface area contributed by atoms with Gasteiger partial charge < -0.3 is 15.0 Å². The quantitative estimate of drug-likeness (QED) is 0.829. The number of carbonyl (C=O) groups excluding carboxylic acids is 1. The van der Waals surface area contributed by atoms with Crippen molar-refractivity contribution in [3.63, 3.8) is 0 Å². The van der Waals surface area contributed by atoms with Crippen LogP contribution in [0.4, 0.5) is 5.69 Å². The zero-order valence-electron chi connectivity index (χ0n) is 13.6. The van der Waals surface area contributed by atoms with Crippen LogP contribution in [0, 0.1) is 11.3 Å². The summed E-state index contributed by atoms with van der Waals surface area (Å²) in [5, 5.41) is 12.5. The number of carbonyl (C=O) groups is 1. The van der Waals surface area contributed by atoms with Crippen LogP contribution in [0.3, 0.4) is 0 Å². The molecule has 2 aromatic rings. The first kappa shape index (κ1) is 16.9. The molecule has 5 nitrogen and oxygen atoms in total. The highest BCUT2D eigenvalue weighted by atomic mass is 32.1. The van der Waals surface area contributed by atoms with Gasteiger partial charge in [-0.15, -0.1) is 12.6 Å². The van der Waals surface area contributed by atoms with Crippen molar-refractivity contribution in [3.8, 4) is 11.8 Å². The molecule has 0 saturated heterocycles. The van der Waals surface area contributed by atoms with E-state index < -0.39 is 12.1 Å². The summed E-state index contributed by atoms with van der Waals surface area (Å²) in [5.41, 5.74) is 1.69. The highest BCUT2D eigenvalue weighted by Crippen LogP contribution is 2.36. The summed E-state index contributed by atoms with van der Waals surface area (Å²) in [6.45, 7) is 2.51. The van der Waals surface area contributed by atoms with Crippen LogP contribution in [-0.2, 0) is 4.79 Å². The summed E-state index contributed by atoms with van der Waals surface area (Å²) in [7, 11) is 0. The van der Waals surface area contributed by atoms with Gasteiger partial charge in [0.2, 0.25) is 0 Å². The molecule has 0 aliphatic carbocycles. The molecule has 1 unspecified atom stereocenters. The minimum atomic E-state index is -0.448. The second-order valence-corrected chi connectivity index (χ2v) is 5.82. The van der Waals surface area contributed by atoms with Crippen molar-refractivity contribution in [2.75, 3.05) is 11.5 Å². The van der Waals surface area contributed by atoms with Crippen molar-refractivity contribution in [1.82, 2.24) is 5.32 Å². The minimum absolute atomic E-state index is 0.00982. The van der Waals surface area contributed by atoms with Gasteiger partial charge in [-0.1, -0.05) is 30.3 Å². The fraction of sp³-hybridized carbons (Fsp3) is 0.158. The molecule has 25 heavy (non-hydrogen) atoms. The van der Waals surface area contributed by atoms with Gasteiger partial charge in [0.05, 0.1) is 11.6 Å². The van der Waals surface area contributed by atoms with E-state index in [9.17, 15) is 10.1 Å². The topological polar surface area (TPSA) is 65.4 Å². The number of ether oxygens (including phenoxy) is 1. The van der Waals surface area contributed by atoms with E-state index in [1.54, 1.807) is 0 Å². The Morgan fingerprint density at radius 1 is 1.20 bits per heavy atom. The third-order valence-corrected chi connectivity index (χ3v) is 4.30. The number of hydrogen-bond donors (Lipinski definition) is 2. The fourth-order valence-electron chi connectivity index (χ4n) is 2.71. The van der Waals surface area contributed by atoms with Crippen LogP contribution in [0.5, 0.6) is 5.75 Å². The summed E-state index contributed by atoms with van der Waals surface area (Å²) in [6.07, 6.45) is -0.448. The molecule has 0 saturated carbocycles. The van der Waals surface area contributed by atoms with Gasteiger partial charge in [-0.25, -0.2) is 0 Å². The van der Waals surface area contributed by atoms with E-state index in [2.05, 4.69) is 17.9 Å². The van der Waals surface area contributed by atoms with Gasteiger partial charge in [-0.2, -0.15) is 5.26 Å². The number of benzene rings is 2. The van der Waals surface area contributed by atoms with Crippen LogP contribution in [-0.4, -0.2) is 12.5 Å². The third kappa shape index (κ3) is 3.32. The predicted octanol–water partition coefficient (Wildman–Crippen LogP) is 3.39. The van der Waals surface area contributed by atoms with E-state index in [1.807, 2.05) is 72.5 Å². The Bertz CT molecular complexity index is 841. The third-order valence-electron chi connectivity index (χ3n) is 3.86. The van der Waals surface area contributed by atoms with Gasteiger partial charge >= 0.3 is 0 Å². The Morgan fingerprint density at radius 3 is 2.48 bits per heavy atom. The number of anilines is 1. The minimum Gasteiger partial charge on any atom is -0.494 e.